The lowest BCUT2D eigenvalue weighted by atomic mass is 9.91. The Morgan fingerprint density at radius 3 is 2.66 bits per heavy atom. The first-order valence-corrected chi connectivity index (χ1v) is 9.27. The van der Waals surface area contributed by atoms with E-state index in [1.807, 2.05) is 37.3 Å². The molecule has 0 bridgehead atoms. The molecule has 0 saturated carbocycles. The Kier molecular flexibility index (Phi) is 4.62. The molecule has 0 radical (unpaired) electrons. The molecule has 2 aliphatic rings. The molecule has 2 aromatic rings. The molecule has 2 aliphatic heterocycles. The smallest absolute Gasteiger partial charge is 0.325 e. The van der Waals surface area contributed by atoms with Gasteiger partial charge >= 0.3 is 6.03 Å². The maximum atomic E-state index is 13.0. The minimum atomic E-state index is -1.29. The maximum absolute atomic E-state index is 13.0. The van der Waals surface area contributed by atoms with Crippen molar-refractivity contribution in [2.45, 2.75) is 25.4 Å². The highest BCUT2D eigenvalue weighted by molar-refractivity contribution is 6.09. The van der Waals surface area contributed by atoms with Crippen LogP contribution in [0.3, 0.4) is 0 Å². The monoisotopic (exact) mass is 395 g/mol. The number of carbonyl (C=O) groups excluding carboxylic acids is 3. The van der Waals surface area contributed by atoms with Gasteiger partial charge in [-0.3, -0.25) is 14.5 Å². The number of amides is 4. The summed E-state index contributed by atoms with van der Waals surface area (Å²) in [7, 11) is 0. The van der Waals surface area contributed by atoms with Crippen molar-refractivity contribution in [2.75, 3.05) is 13.3 Å². The van der Waals surface area contributed by atoms with Crippen LogP contribution in [0, 0.1) is 0 Å². The van der Waals surface area contributed by atoms with Crippen LogP contribution in [0.1, 0.15) is 31.0 Å². The van der Waals surface area contributed by atoms with E-state index in [9.17, 15) is 14.4 Å². The second-order valence-electron chi connectivity index (χ2n) is 7.21. The molecule has 0 spiro atoms. The van der Waals surface area contributed by atoms with Crippen molar-refractivity contribution in [3.8, 4) is 11.5 Å². The van der Waals surface area contributed by atoms with Gasteiger partial charge in [0.2, 0.25) is 12.7 Å². The summed E-state index contributed by atoms with van der Waals surface area (Å²) in [5, 5.41) is 5.50. The summed E-state index contributed by atoms with van der Waals surface area (Å²) < 4.78 is 10.6. The molecule has 4 rings (SSSR count). The summed E-state index contributed by atoms with van der Waals surface area (Å²) in [6.45, 7) is 3.20. The lowest BCUT2D eigenvalue weighted by Gasteiger charge is -2.22. The van der Waals surface area contributed by atoms with Crippen molar-refractivity contribution < 1.29 is 23.9 Å². The molecule has 0 aliphatic carbocycles. The zero-order chi connectivity index (χ0) is 20.6. The number of rotatable bonds is 5. The summed E-state index contributed by atoms with van der Waals surface area (Å²) in [6, 6.07) is 13.7. The quantitative estimate of drug-likeness (QED) is 0.756. The van der Waals surface area contributed by atoms with E-state index in [1.165, 1.54) is 0 Å². The average molecular weight is 395 g/mol. The highest BCUT2D eigenvalue weighted by Gasteiger charge is 2.49. The normalized spacial score (nSPS) is 21.1. The summed E-state index contributed by atoms with van der Waals surface area (Å²) >= 11 is 0. The Morgan fingerprint density at radius 1 is 1.17 bits per heavy atom. The predicted octanol–water partition coefficient (Wildman–Crippen LogP) is 2.06. The van der Waals surface area contributed by atoms with Crippen LogP contribution in [0.5, 0.6) is 11.5 Å². The molecule has 8 heteroatoms. The number of hydrogen-bond acceptors (Lipinski definition) is 5. The van der Waals surface area contributed by atoms with Gasteiger partial charge in [-0.1, -0.05) is 36.4 Å². The third kappa shape index (κ3) is 3.37. The molecule has 2 heterocycles. The summed E-state index contributed by atoms with van der Waals surface area (Å²) in [5.41, 5.74) is 0.201. The number of imide groups is 1. The highest BCUT2D eigenvalue weighted by atomic mass is 16.7. The van der Waals surface area contributed by atoms with Crippen LogP contribution in [0.25, 0.3) is 0 Å². The van der Waals surface area contributed by atoms with Gasteiger partial charge < -0.3 is 20.1 Å². The van der Waals surface area contributed by atoms with Gasteiger partial charge in [0.25, 0.3) is 5.91 Å². The Balaban J connectivity index is 1.47. The third-order valence-corrected chi connectivity index (χ3v) is 5.20. The average Bonchev–Trinajstić information content (AvgIpc) is 3.27. The van der Waals surface area contributed by atoms with Crippen molar-refractivity contribution in [3.05, 3.63) is 59.7 Å². The van der Waals surface area contributed by atoms with E-state index in [2.05, 4.69) is 10.6 Å². The topological polar surface area (TPSA) is 97.0 Å². The molecule has 0 unspecified atom stereocenters. The standard InChI is InChI=1S/C21H21N3O5/c1-13(14-6-4-3-5-7-14)22-18(25)11-24-19(26)21(2,23-20(24)27)15-8-9-16-17(10-15)29-12-28-16/h3-10,13H,11-12H2,1-2H3,(H,22,25)(H,23,27)/t13-,21-/m1/s1. The number of hydrogen-bond donors (Lipinski definition) is 2. The number of nitrogens with one attached hydrogen (secondary N) is 2. The van der Waals surface area contributed by atoms with E-state index in [1.54, 1.807) is 25.1 Å². The van der Waals surface area contributed by atoms with Crippen LogP contribution in [-0.2, 0) is 15.1 Å². The fourth-order valence-electron chi connectivity index (χ4n) is 3.50. The Bertz CT molecular complexity index is 978. The lowest BCUT2D eigenvalue weighted by Crippen LogP contribution is -2.43. The molecule has 1 fully saturated rings. The van der Waals surface area contributed by atoms with E-state index >= 15 is 0 Å². The number of nitrogens with zero attached hydrogens (tertiary/aromatic N) is 1. The van der Waals surface area contributed by atoms with Crippen LogP contribution in [0.4, 0.5) is 4.79 Å². The second kappa shape index (κ2) is 7.12. The Morgan fingerprint density at radius 2 is 1.90 bits per heavy atom. The number of fused-ring (bicyclic) bond motifs is 1. The van der Waals surface area contributed by atoms with Gasteiger partial charge in [0.15, 0.2) is 11.5 Å². The zero-order valence-electron chi connectivity index (χ0n) is 16.1. The predicted molar refractivity (Wildman–Crippen MR) is 103 cm³/mol. The maximum Gasteiger partial charge on any atom is 0.325 e. The number of ether oxygens (including phenoxy) is 2. The van der Waals surface area contributed by atoms with Gasteiger partial charge in [0, 0.05) is 0 Å². The molecule has 4 amide bonds. The molecule has 2 N–H and O–H groups in total. The number of urea groups is 1. The summed E-state index contributed by atoms with van der Waals surface area (Å²) in [4.78, 5) is 38.9. The number of carbonyl (C=O) groups is 3. The van der Waals surface area contributed by atoms with Crippen LogP contribution < -0.4 is 20.1 Å². The van der Waals surface area contributed by atoms with Crippen molar-refractivity contribution in [1.29, 1.82) is 0 Å². The minimum absolute atomic E-state index is 0.113. The Labute approximate surface area is 167 Å². The second-order valence-corrected chi connectivity index (χ2v) is 7.21. The molecular formula is C21H21N3O5. The molecule has 0 aromatic heterocycles. The van der Waals surface area contributed by atoms with Gasteiger partial charge in [-0.2, -0.15) is 0 Å². The van der Waals surface area contributed by atoms with E-state index < -0.39 is 23.4 Å². The first-order chi connectivity index (χ1) is 13.9. The molecule has 8 nitrogen and oxygen atoms in total. The fraction of sp³-hybridized carbons (Fsp3) is 0.286. The SMILES string of the molecule is C[C@@H](NC(=O)CN1C(=O)N[C@](C)(c2ccc3c(c2)OCO3)C1=O)c1ccccc1. The highest BCUT2D eigenvalue weighted by Crippen LogP contribution is 2.37. The van der Waals surface area contributed by atoms with Crippen molar-refractivity contribution >= 4 is 17.8 Å². The minimum Gasteiger partial charge on any atom is -0.454 e. The van der Waals surface area contributed by atoms with E-state index in [0.29, 0.717) is 17.1 Å². The van der Waals surface area contributed by atoms with Gasteiger partial charge in [0.05, 0.1) is 6.04 Å². The van der Waals surface area contributed by atoms with Crippen molar-refractivity contribution in [1.82, 2.24) is 15.5 Å². The zero-order valence-corrected chi connectivity index (χ0v) is 16.1. The van der Waals surface area contributed by atoms with E-state index in [-0.39, 0.29) is 19.4 Å². The lowest BCUT2D eigenvalue weighted by molar-refractivity contribution is -0.135. The largest absolute Gasteiger partial charge is 0.454 e. The van der Waals surface area contributed by atoms with Crippen molar-refractivity contribution in [2.24, 2.45) is 0 Å². The fourth-order valence-corrected chi connectivity index (χ4v) is 3.50. The van der Waals surface area contributed by atoms with E-state index in [4.69, 9.17) is 9.47 Å². The number of benzene rings is 2. The van der Waals surface area contributed by atoms with Crippen LogP contribution in [0.2, 0.25) is 0 Å². The van der Waals surface area contributed by atoms with Crippen LogP contribution >= 0.6 is 0 Å². The van der Waals surface area contributed by atoms with Crippen LogP contribution in [-0.4, -0.2) is 36.1 Å². The molecule has 29 heavy (non-hydrogen) atoms. The molecular weight excluding hydrogens is 374 g/mol. The third-order valence-electron chi connectivity index (χ3n) is 5.20. The van der Waals surface area contributed by atoms with E-state index in [0.717, 1.165) is 10.5 Å². The van der Waals surface area contributed by atoms with Crippen LogP contribution in [0.15, 0.2) is 48.5 Å². The first-order valence-electron chi connectivity index (χ1n) is 9.27. The molecule has 2 aromatic carbocycles. The Hall–Kier alpha value is -3.55. The molecule has 1 saturated heterocycles. The molecule has 2 atom stereocenters. The van der Waals surface area contributed by atoms with Gasteiger partial charge in [-0.15, -0.1) is 0 Å². The van der Waals surface area contributed by atoms with Gasteiger partial charge in [-0.25, -0.2) is 4.79 Å². The summed E-state index contributed by atoms with van der Waals surface area (Å²) in [6.07, 6.45) is 0. The van der Waals surface area contributed by atoms with Crippen molar-refractivity contribution in [3.63, 3.8) is 0 Å². The van der Waals surface area contributed by atoms with Gasteiger partial charge in [-0.05, 0) is 37.1 Å². The van der Waals surface area contributed by atoms with Gasteiger partial charge in [0.1, 0.15) is 12.1 Å². The summed E-state index contributed by atoms with van der Waals surface area (Å²) in [5.74, 6) is 0.183. The molecule has 150 valence electrons. The first kappa shape index (κ1) is 18.8.